The molecular weight excluding hydrogens is 377 g/mol. The number of amides is 2. The maximum Gasteiger partial charge on any atom is 0.257 e. The van der Waals surface area contributed by atoms with E-state index in [1.54, 1.807) is 17.9 Å². The highest BCUT2D eigenvalue weighted by molar-refractivity contribution is 5.96. The van der Waals surface area contributed by atoms with Crippen molar-refractivity contribution >= 4 is 11.8 Å². The van der Waals surface area contributed by atoms with Gasteiger partial charge in [0.15, 0.2) is 6.61 Å². The topological polar surface area (TPSA) is 91.8 Å². The van der Waals surface area contributed by atoms with E-state index in [0.717, 1.165) is 12.8 Å². The number of hydrogen-bond donors (Lipinski definition) is 2. The number of ether oxygens (including phenoxy) is 1. The average molecular weight is 401 g/mol. The Morgan fingerprint density at radius 1 is 1.28 bits per heavy atom. The zero-order chi connectivity index (χ0) is 20.8. The highest BCUT2D eigenvalue weighted by Crippen LogP contribution is 2.22. The number of nitrogens with zero attached hydrogens (tertiary/aromatic N) is 2. The Balaban J connectivity index is 1.40. The van der Waals surface area contributed by atoms with Crippen LogP contribution in [0.5, 0.6) is 11.5 Å². The lowest BCUT2D eigenvalue weighted by atomic mass is 9.96. The normalized spacial score (nSPS) is 14.5. The zero-order valence-electron chi connectivity index (χ0n) is 16.2. The number of halogens is 1. The summed E-state index contributed by atoms with van der Waals surface area (Å²) >= 11 is 0. The van der Waals surface area contributed by atoms with Gasteiger partial charge in [-0.2, -0.15) is 0 Å². The quantitative estimate of drug-likeness (QED) is 0.775. The Bertz CT molecular complexity index is 865. The van der Waals surface area contributed by atoms with Gasteiger partial charge in [0.25, 0.3) is 11.8 Å². The van der Waals surface area contributed by atoms with Gasteiger partial charge >= 0.3 is 0 Å². The van der Waals surface area contributed by atoms with Gasteiger partial charge < -0.3 is 20.1 Å². The van der Waals surface area contributed by atoms with Crippen LogP contribution in [0.1, 0.15) is 28.9 Å². The summed E-state index contributed by atoms with van der Waals surface area (Å²) in [6.45, 7) is 3.26. The van der Waals surface area contributed by atoms with E-state index in [-0.39, 0.29) is 41.5 Å². The summed E-state index contributed by atoms with van der Waals surface area (Å²) in [5.74, 6) is -0.227. The molecule has 0 unspecified atom stereocenters. The molecule has 2 aromatic rings. The minimum absolute atomic E-state index is 0.115. The summed E-state index contributed by atoms with van der Waals surface area (Å²) < 4.78 is 18.2. The van der Waals surface area contributed by atoms with Crippen LogP contribution in [0.4, 0.5) is 4.39 Å². The first kappa shape index (κ1) is 20.6. The van der Waals surface area contributed by atoms with Gasteiger partial charge in [-0.3, -0.25) is 14.6 Å². The number of carbonyl (C=O) groups is 2. The third-order valence-corrected chi connectivity index (χ3v) is 4.92. The number of piperidine rings is 1. The summed E-state index contributed by atoms with van der Waals surface area (Å²) in [5, 5.41) is 12.7. The molecule has 1 aliphatic heterocycles. The number of likely N-dealkylation sites (tertiary alicyclic amines) is 1. The molecule has 154 valence electrons. The molecule has 0 atom stereocenters. The van der Waals surface area contributed by atoms with Crippen molar-refractivity contribution in [3.63, 3.8) is 0 Å². The van der Waals surface area contributed by atoms with Gasteiger partial charge in [0, 0.05) is 25.3 Å². The third kappa shape index (κ3) is 5.66. The van der Waals surface area contributed by atoms with Crippen molar-refractivity contribution in [3.8, 4) is 11.5 Å². The fourth-order valence-electron chi connectivity index (χ4n) is 3.22. The van der Waals surface area contributed by atoms with E-state index in [9.17, 15) is 19.1 Å². The number of aryl methyl sites for hydroxylation is 1. The van der Waals surface area contributed by atoms with Crippen molar-refractivity contribution in [2.24, 2.45) is 5.92 Å². The minimum Gasteiger partial charge on any atom is -0.505 e. The molecule has 0 radical (unpaired) electrons. The van der Waals surface area contributed by atoms with Crippen molar-refractivity contribution in [1.82, 2.24) is 15.2 Å². The SMILES string of the molecule is Cc1cc(C(=O)N2CCC(CNC(=O)COc3ccc(F)cc3)CC2)c(O)cn1. The van der Waals surface area contributed by atoms with Gasteiger partial charge in [0.2, 0.25) is 0 Å². The number of pyridine rings is 1. The molecule has 7 nitrogen and oxygen atoms in total. The van der Waals surface area contributed by atoms with Gasteiger partial charge in [0.05, 0.1) is 11.8 Å². The van der Waals surface area contributed by atoms with Crippen LogP contribution in [0.25, 0.3) is 0 Å². The van der Waals surface area contributed by atoms with Crippen molar-refractivity contribution in [1.29, 1.82) is 0 Å². The lowest BCUT2D eigenvalue weighted by Gasteiger charge is -2.32. The number of aromatic hydroxyl groups is 1. The van der Waals surface area contributed by atoms with E-state index < -0.39 is 0 Å². The molecule has 1 fully saturated rings. The standard InChI is InChI=1S/C21H24FN3O4/c1-14-10-18(19(26)12-23-14)21(28)25-8-6-15(7-9-25)11-24-20(27)13-29-17-4-2-16(22)3-5-17/h2-5,10,12,15,26H,6-9,11,13H2,1H3,(H,24,27). The number of aromatic nitrogens is 1. The van der Waals surface area contributed by atoms with Crippen LogP contribution in [0, 0.1) is 18.7 Å². The van der Waals surface area contributed by atoms with Crippen molar-refractivity contribution < 1.29 is 23.8 Å². The summed E-state index contributed by atoms with van der Waals surface area (Å²) in [6.07, 6.45) is 2.81. The predicted octanol–water partition coefficient (Wildman–Crippen LogP) is 2.28. The van der Waals surface area contributed by atoms with E-state index in [4.69, 9.17) is 4.74 Å². The molecule has 8 heteroatoms. The Labute approximate surface area is 168 Å². The van der Waals surface area contributed by atoms with Gasteiger partial charge in [-0.1, -0.05) is 0 Å². The van der Waals surface area contributed by atoms with Crippen LogP contribution in [-0.2, 0) is 4.79 Å². The Kier molecular flexibility index (Phi) is 6.64. The fourth-order valence-corrected chi connectivity index (χ4v) is 3.22. The molecule has 29 heavy (non-hydrogen) atoms. The molecule has 1 aliphatic rings. The van der Waals surface area contributed by atoms with Crippen LogP contribution in [0.2, 0.25) is 0 Å². The molecule has 0 aliphatic carbocycles. The zero-order valence-corrected chi connectivity index (χ0v) is 16.2. The molecule has 0 saturated carbocycles. The summed E-state index contributed by atoms with van der Waals surface area (Å²) in [5.41, 5.74) is 0.939. The van der Waals surface area contributed by atoms with Crippen molar-refractivity contribution in [2.45, 2.75) is 19.8 Å². The smallest absolute Gasteiger partial charge is 0.257 e. The van der Waals surface area contributed by atoms with E-state index in [1.807, 2.05) is 0 Å². The van der Waals surface area contributed by atoms with Gasteiger partial charge in [-0.25, -0.2) is 4.39 Å². The molecule has 1 saturated heterocycles. The summed E-state index contributed by atoms with van der Waals surface area (Å²) in [7, 11) is 0. The van der Waals surface area contributed by atoms with E-state index in [1.165, 1.54) is 30.5 Å². The largest absolute Gasteiger partial charge is 0.505 e. The molecule has 2 heterocycles. The molecule has 2 amide bonds. The Morgan fingerprint density at radius 3 is 2.66 bits per heavy atom. The van der Waals surface area contributed by atoms with Crippen LogP contribution in [0.3, 0.4) is 0 Å². The van der Waals surface area contributed by atoms with Crippen LogP contribution >= 0.6 is 0 Å². The number of nitrogens with one attached hydrogen (secondary N) is 1. The number of carbonyl (C=O) groups excluding carboxylic acids is 2. The number of benzene rings is 1. The average Bonchev–Trinajstić information content (AvgIpc) is 2.73. The van der Waals surface area contributed by atoms with Crippen molar-refractivity contribution in [3.05, 3.63) is 53.6 Å². The number of hydrogen-bond acceptors (Lipinski definition) is 5. The van der Waals surface area contributed by atoms with Crippen LogP contribution in [-0.4, -0.2) is 53.0 Å². The van der Waals surface area contributed by atoms with Crippen LogP contribution in [0.15, 0.2) is 36.5 Å². The highest BCUT2D eigenvalue weighted by Gasteiger charge is 2.25. The Hall–Kier alpha value is -3.16. The fraction of sp³-hybridized carbons (Fsp3) is 0.381. The molecule has 0 spiro atoms. The molecule has 1 aromatic carbocycles. The van der Waals surface area contributed by atoms with E-state index in [2.05, 4.69) is 10.3 Å². The van der Waals surface area contributed by atoms with Crippen molar-refractivity contribution in [2.75, 3.05) is 26.2 Å². The minimum atomic E-state index is -0.360. The third-order valence-electron chi connectivity index (χ3n) is 4.92. The van der Waals surface area contributed by atoms with Gasteiger partial charge in [-0.15, -0.1) is 0 Å². The molecule has 3 rings (SSSR count). The van der Waals surface area contributed by atoms with E-state index >= 15 is 0 Å². The second kappa shape index (κ2) is 9.36. The maximum atomic E-state index is 12.8. The van der Waals surface area contributed by atoms with Gasteiger partial charge in [-0.05, 0) is 56.0 Å². The Morgan fingerprint density at radius 2 is 1.97 bits per heavy atom. The first-order valence-electron chi connectivity index (χ1n) is 9.52. The molecule has 2 N–H and O–H groups in total. The summed E-state index contributed by atoms with van der Waals surface area (Å²) in [6, 6.07) is 7.07. The lowest BCUT2D eigenvalue weighted by molar-refractivity contribution is -0.123. The number of rotatable bonds is 6. The maximum absolute atomic E-state index is 12.8. The monoisotopic (exact) mass is 401 g/mol. The lowest BCUT2D eigenvalue weighted by Crippen LogP contribution is -2.42. The molecule has 1 aromatic heterocycles. The molecule has 0 bridgehead atoms. The predicted molar refractivity (Wildman–Crippen MR) is 104 cm³/mol. The summed E-state index contributed by atoms with van der Waals surface area (Å²) in [4.78, 5) is 30.2. The second-order valence-corrected chi connectivity index (χ2v) is 7.13. The first-order valence-corrected chi connectivity index (χ1v) is 9.52. The van der Waals surface area contributed by atoms with E-state index in [0.29, 0.717) is 31.1 Å². The van der Waals surface area contributed by atoms with Crippen LogP contribution < -0.4 is 10.1 Å². The highest BCUT2D eigenvalue weighted by atomic mass is 19.1. The second-order valence-electron chi connectivity index (χ2n) is 7.13. The first-order chi connectivity index (χ1) is 13.9. The van der Waals surface area contributed by atoms with Gasteiger partial charge in [0.1, 0.15) is 17.3 Å². The molecular formula is C21H24FN3O4.